The lowest BCUT2D eigenvalue weighted by Gasteiger charge is -2.08. The van der Waals surface area contributed by atoms with Crippen molar-refractivity contribution in [2.24, 2.45) is 5.92 Å². The molecule has 19 heavy (non-hydrogen) atoms. The summed E-state index contributed by atoms with van der Waals surface area (Å²) in [5.41, 5.74) is 5.68. The van der Waals surface area contributed by atoms with Crippen molar-refractivity contribution in [3.8, 4) is 0 Å². The number of carbonyl (C=O) groups is 1. The molecule has 6 heteroatoms. The summed E-state index contributed by atoms with van der Waals surface area (Å²) in [6.07, 6.45) is 1.76. The molecule has 0 aliphatic rings. The molecule has 0 spiro atoms. The fourth-order valence-electron chi connectivity index (χ4n) is 1.58. The zero-order valence-corrected chi connectivity index (χ0v) is 11.1. The number of benzene rings is 1. The molecule has 0 aromatic heterocycles. The first-order chi connectivity index (χ1) is 8.91. The number of ether oxygens (including phenoxy) is 1. The van der Waals surface area contributed by atoms with Gasteiger partial charge in [0, 0.05) is 12.1 Å². The van der Waals surface area contributed by atoms with Gasteiger partial charge >= 0.3 is 5.97 Å². The van der Waals surface area contributed by atoms with E-state index in [9.17, 15) is 14.9 Å². The molecular formula is C13H18N2O4. The first-order valence-corrected chi connectivity index (χ1v) is 6.13. The van der Waals surface area contributed by atoms with Crippen LogP contribution in [0.2, 0.25) is 0 Å². The highest BCUT2D eigenvalue weighted by Crippen LogP contribution is 2.20. The van der Waals surface area contributed by atoms with Crippen LogP contribution >= 0.6 is 0 Å². The van der Waals surface area contributed by atoms with E-state index in [1.807, 2.05) is 0 Å². The molecule has 0 amide bonds. The van der Waals surface area contributed by atoms with Crippen molar-refractivity contribution >= 4 is 17.3 Å². The van der Waals surface area contributed by atoms with Crippen molar-refractivity contribution in [2.75, 3.05) is 12.3 Å². The van der Waals surface area contributed by atoms with E-state index in [4.69, 9.17) is 10.5 Å². The molecule has 0 heterocycles. The lowest BCUT2D eigenvalue weighted by molar-refractivity contribution is -0.384. The number of hydrogen-bond donors (Lipinski definition) is 1. The van der Waals surface area contributed by atoms with Crippen LogP contribution < -0.4 is 5.73 Å². The van der Waals surface area contributed by atoms with Crippen LogP contribution in [0.25, 0.3) is 0 Å². The minimum atomic E-state index is -0.561. The Hall–Kier alpha value is -2.11. The number of nitrogens with zero attached hydrogens (tertiary/aromatic N) is 1. The minimum absolute atomic E-state index is 0.0584. The van der Waals surface area contributed by atoms with Gasteiger partial charge in [0.15, 0.2) is 0 Å². The number of carbonyl (C=O) groups excluding carboxylic acids is 1. The van der Waals surface area contributed by atoms with Crippen LogP contribution in [-0.4, -0.2) is 17.5 Å². The van der Waals surface area contributed by atoms with Crippen molar-refractivity contribution in [3.05, 3.63) is 33.9 Å². The summed E-state index contributed by atoms with van der Waals surface area (Å²) in [5, 5.41) is 10.5. The zero-order chi connectivity index (χ0) is 14.4. The standard InChI is InChI=1S/C13H18N2O4/c1-9(2)4-3-7-19-13(16)11-6-5-10(15(17)18)8-12(11)14/h5-6,8-9H,3-4,7,14H2,1-2H3. The summed E-state index contributed by atoms with van der Waals surface area (Å²) in [5.74, 6) is 0.0132. The molecule has 1 aromatic carbocycles. The molecule has 0 aliphatic carbocycles. The molecule has 1 rings (SSSR count). The second kappa shape index (κ2) is 6.72. The van der Waals surface area contributed by atoms with E-state index in [1.165, 1.54) is 12.1 Å². The molecule has 0 unspecified atom stereocenters. The summed E-state index contributed by atoms with van der Waals surface area (Å²) in [6, 6.07) is 3.71. The summed E-state index contributed by atoms with van der Waals surface area (Å²) in [6.45, 7) is 4.51. The second-order valence-electron chi connectivity index (χ2n) is 4.70. The van der Waals surface area contributed by atoms with Crippen LogP contribution in [0, 0.1) is 16.0 Å². The average Bonchev–Trinajstić information content (AvgIpc) is 2.33. The number of non-ortho nitro benzene ring substituents is 1. The molecule has 0 bridgehead atoms. The maximum Gasteiger partial charge on any atom is 0.340 e. The van der Waals surface area contributed by atoms with E-state index in [2.05, 4.69) is 13.8 Å². The SMILES string of the molecule is CC(C)CCCOC(=O)c1ccc([N+](=O)[O-])cc1N. The topological polar surface area (TPSA) is 95.5 Å². The molecule has 0 atom stereocenters. The number of nitro groups is 1. The normalized spacial score (nSPS) is 10.5. The highest BCUT2D eigenvalue weighted by molar-refractivity contribution is 5.95. The number of nitrogen functional groups attached to an aromatic ring is 1. The third-order valence-corrected chi connectivity index (χ3v) is 2.62. The predicted octanol–water partition coefficient (Wildman–Crippen LogP) is 2.77. The Morgan fingerprint density at radius 3 is 2.68 bits per heavy atom. The van der Waals surface area contributed by atoms with Crippen molar-refractivity contribution in [3.63, 3.8) is 0 Å². The van der Waals surface area contributed by atoms with Crippen molar-refractivity contribution in [1.82, 2.24) is 0 Å². The monoisotopic (exact) mass is 266 g/mol. The number of nitrogens with two attached hydrogens (primary N) is 1. The van der Waals surface area contributed by atoms with Gasteiger partial charge in [0.05, 0.1) is 22.8 Å². The van der Waals surface area contributed by atoms with E-state index in [-0.39, 0.29) is 16.9 Å². The maximum absolute atomic E-state index is 11.7. The third kappa shape index (κ3) is 4.57. The summed E-state index contributed by atoms with van der Waals surface area (Å²) in [4.78, 5) is 21.7. The lowest BCUT2D eigenvalue weighted by Crippen LogP contribution is -2.10. The van der Waals surface area contributed by atoms with Crippen LogP contribution in [0.1, 0.15) is 37.0 Å². The van der Waals surface area contributed by atoms with Crippen molar-refractivity contribution in [2.45, 2.75) is 26.7 Å². The molecule has 0 saturated heterocycles. The van der Waals surface area contributed by atoms with Crippen LogP contribution in [-0.2, 0) is 4.74 Å². The first kappa shape index (κ1) is 14.9. The number of rotatable bonds is 6. The Balaban J connectivity index is 2.60. The van der Waals surface area contributed by atoms with Crippen LogP contribution in [0.5, 0.6) is 0 Å². The summed E-state index contributed by atoms with van der Waals surface area (Å²) in [7, 11) is 0. The van der Waals surface area contributed by atoms with Crippen LogP contribution in [0.3, 0.4) is 0 Å². The van der Waals surface area contributed by atoms with Gasteiger partial charge < -0.3 is 10.5 Å². The molecular weight excluding hydrogens is 248 g/mol. The number of anilines is 1. The molecule has 2 N–H and O–H groups in total. The molecule has 0 saturated carbocycles. The van der Waals surface area contributed by atoms with E-state index in [0.29, 0.717) is 12.5 Å². The lowest BCUT2D eigenvalue weighted by atomic mass is 10.1. The van der Waals surface area contributed by atoms with Gasteiger partial charge in [0.1, 0.15) is 0 Å². The van der Waals surface area contributed by atoms with E-state index in [0.717, 1.165) is 18.9 Å². The van der Waals surface area contributed by atoms with E-state index >= 15 is 0 Å². The molecule has 0 fully saturated rings. The van der Waals surface area contributed by atoms with Gasteiger partial charge in [-0.2, -0.15) is 0 Å². The number of esters is 1. The summed E-state index contributed by atoms with van der Waals surface area (Å²) >= 11 is 0. The summed E-state index contributed by atoms with van der Waals surface area (Å²) < 4.78 is 5.07. The Morgan fingerprint density at radius 2 is 2.16 bits per heavy atom. The number of nitro benzene ring substituents is 1. The molecule has 104 valence electrons. The van der Waals surface area contributed by atoms with Gasteiger partial charge in [-0.1, -0.05) is 13.8 Å². The largest absolute Gasteiger partial charge is 0.462 e. The van der Waals surface area contributed by atoms with Crippen molar-refractivity contribution in [1.29, 1.82) is 0 Å². The number of hydrogen-bond acceptors (Lipinski definition) is 5. The van der Waals surface area contributed by atoms with Gasteiger partial charge in [-0.05, 0) is 24.8 Å². The zero-order valence-electron chi connectivity index (χ0n) is 11.1. The second-order valence-corrected chi connectivity index (χ2v) is 4.70. The Morgan fingerprint density at radius 1 is 1.47 bits per heavy atom. The molecule has 6 nitrogen and oxygen atoms in total. The minimum Gasteiger partial charge on any atom is -0.462 e. The van der Waals surface area contributed by atoms with Gasteiger partial charge in [-0.25, -0.2) is 4.79 Å². The first-order valence-electron chi connectivity index (χ1n) is 6.13. The Bertz CT molecular complexity index is 472. The third-order valence-electron chi connectivity index (χ3n) is 2.62. The average molecular weight is 266 g/mol. The fraction of sp³-hybridized carbons (Fsp3) is 0.462. The quantitative estimate of drug-likeness (QED) is 0.281. The van der Waals surface area contributed by atoms with Gasteiger partial charge in [0.25, 0.3) is 5.69 Å². The van der Waals surface area contributed by atoms with Gasteiger partial charge in [-0.15, -0.1) is 0 Å². The highest BCUT2D eigenvalue weighted by atomic mass is 16.6. The van der Waals surface area contributed by atoms with Crippen LogP contribution in [0.15, 0.2) is 18.2 Å². The maximum atomic E-state index is 11.7. The van der Waals surface area contributed by atoms with Gasteiger partial charge in [-0.3, -0.25) is 10.1 Å². The predicted molar refractivity (Wildman–Crippen MR) is 71.9 cm³/mol. The highest BCUT2D eigenvalue weighted by Gasteiger charge is 2.15. The molecule has 0 radical (unpaired) electrons. The molecule has 1 aromatic rings. The fourth-order valence-corrected chi connectivity index (χ4v) is 1.58. The van der Waals surface area contributed by atoms with E-state index < -0.39 is 10.9 Å². The molecule has 0 aliphatic heterocycles. The van der Waals surface area contributed by atoms with E-state index in [1.54, 1.807) is 0 Å². The Kier molecular flexibility index (Phi) is 5.29. The van der Waals surface area contributed by atoms with Gasteiger partial charge in [0.2, 0.25) is 0 Å². The Labute approximate surface area is 111 Å². The van der Waals surface area contributed by atoms with Crippen molar-refractivity contribution < 1.29 is 14.5 Å². The van der Waals surface area contributed by atoms with Crippen LogP contribution in [0.4, 0.5) is 11.4 Å². The smallest absolute Gasteiger partial charge is 0.340 e.